The van der Waals surface area contributed by atoms with Crippen LogP contribution in [0.4, 0.5) is 0 Å². The van der Waals surface area contributed by atoms with Gasteiger partial charge in [-0.15, -0.1) is 0 Å². The van der Waals surface area contributed by atoms with E-state index in [0.29, 0.717) is 23.4 Å². The van der Waals surface area contributed by atoms with Crippen molar-refractivity contribution in [2.24, 2.45) is 0 Å². The highest BCUT2D eigenvalue weighted by Crippen LogP contribution is 2.25. The van der Waals surface area contributed by atoms with Crippen LogP contribution in [0.2, 0.25) is 0 Å². The molecule has 0 aliphatic rings. The smallest absolute Gasteiger partial charge is 0.202 e. The number of hydrogen-bond acceptors (Lipinski definition) is 4. The van der Waals surface area contributed by atoms with E-state index in [9.17, 15) is 0 Å². The Balaban J connectivity index is 2.73. The first-order valence-corrected chi connectivity index (χ1v) is 5.64. The quantitative estimate of drug-likeness (QED) is 0.778. The number of rotatable bonds is 2. The second-order valence-electron chi connectivity index (χ2n) is 4.66. The molecule has 0 N–H and O–H groups in total. The summed E-state index contributed by atoms with van der Waals surface area (Å²) in [5, 5.41) is 0. The predicted octanol–water partition coefficient (Wildman–Crippen LogP) is 3.17. The van der Waals surface area contributed by atoms with Crippen molar-refractivity contribution in [1.82, 2.24) is 15.0 Å². The first-order valence-electron chi connectivity index (χ1n) is 5.64. The van der Waals surface area contributed by atoms with E-state index in [0.717, 1.165) is 17.1 Å². The Labute approximate surface area is 95.1 Å². The highest BCUT2D eigenvalue weighted by molar-refractivity contribution is 5.71. The molecule has 0 aliphatic heterocycles. The van der Waals surface area contributed by atoms with Crippen molar-refractivity contribution < 1.29 is 4.42 Å². The first kappa shape index (κ1) is 11.0. The lowest BCUT2D eigenvalue weighted by atomic mass is 10.1. The van der Waals surface area contributed by atoms with Crippen LogP contribution in [0.15, 0.2) is 4.42 Å². The number of aromatic nitrogens is 3. The van der Waals surface area contributed by atoms with Gasteiger partial charge in [-0.25, -0.2) is 9.97 Å². The summed E-state index contributed by atoms with van der Waals surface area (Å²) in [6, 6.07) is 0. The van der Waals surface area contributed by atoms with Gasteiger partial charge in [-0.05, 0) is 5.92 Å². The molecule has 0 spiro atoms. The summed E-state index contributed by atoms with van der Waals surface area (Å²) < 4.78 is 5.56. The zero-order valence-electron chi connectivity index (χ0n) is 10.4. The molecule has 0 aliphatic carbocycles. The predicted molar refractivity (Wildman–Crippen MR) is 62.5 cm³/mol. The van der Waals surface area contributed by atoms with E-state index in [1.54, 1.807) is 0 Å². The number of aryl methyl sites for hydroxylation is 1. The second kappa shape index (κ2) is 3.85. The van der Waals surface area contributed by atoms with Gasteiger partial charge in [-0.1, -0.05) is 27.7 Å². The van der Waals surface area contributed by atoms with Gasteiger partial charge in [-0.2, -0.15) is 4.98 Å². The van der Waals surface area contributed by atoms with Crippen molar-refractivity contribution >= 4 is 11.2 Å². The SMILES string of the molecule is Cc1nc2nc(C(C)C)nc(C(C)C)c2o1. The summed E-state index contributed by atoms with van der Waals surface area (Å²) in [5.41, 5.74) is 2.37. The van der Waals surface area contributed by atoms with E-state index >= 15 is 0 Å². The van der Waals surface area contributed by atoms with Crippen LogP contribution in [0.5, 0.6) is 0 Å². The number of nitrogens with zero attached hydrogens (tertiary/aromatic N) is 3. The molecule has 2 heterocycles. The van der Waals surface area contributed by atoms with E-state index < -0.39 is 0 Å². The topological polar surface area (TPSA) is 51.8 Å². The molecule has 0 unspecified atom stereocenters. The average molecular weight is 219 g/mol. The van der Waals surface area contributed by atoms with Crippen LogP contribution in [0.1, 0.15) is 56.9 Å². The summed E-state index contributed by atoms with van der Waals surface area (Å²) in [5.74, 6) is 2.10. The van der Waals surface area contributed by atoms with Gasteiger partial charge in [0.15, 0.2) is 11.5 Å². The highest BCUT2D eigenvalue weighted by Gasteiger charge is 2.17. The third kappa shape index (κ3) is 1.79. The zero-order chi connectivity index (χ0) is 11.9. The van der Waals surface area contributed by atoms with Gasteiger partial charge in [0.2, 0.25) is 5.65 Å². The maximum absolute atomic E-state index is 5.56. The first-order chi connectivity index (χ1) is 7.49. The summed E-state index contributed by atoms with van der Waals surface area (Å²) in [6.45, 7) is 10.2. The van der Waals surface area contributed by atoms with Gasteiger partial charge >= 0.3 is 0 Å². The fraction of sp³-hybridized carbons (Fsp3) is 0.583. The average Bonchev–Trinajstić information content (AvgIpc) is 2.55. The Kier molecular flexibility index (Phi) is 2.66. The van der Waals surface area contributed by atoms with E-state index in [-0.39, 0.29) is 0 Å². The molecule has 2 aromatic rings. The summed E-state index contributed by atoms with van der Waals surface area (Å²) in [4.78, 5) is 13.3. The molecular formula is C12H17N3O. The Hall–Kier alpha value is -1.45. The van der Waals surface area contributed by atoms with E-state index in [1.807, 2.05) is 6.92 Å². The molecule has 86 valence electrons. The van der Waals surface area contributed by atoms with Gasteiger partial charge in [0, 0.05) is 12.8 Å². The molecule has 0 saturated carbocycles. The molecule has 4 nitrogen and oxygen atoms in total. The number of hydrogen-bond donors (Lipinski definition) is 0. The lowest BCUT2D eigenvalue weighted by molar-refractivity contribution is 0.551. The van der Waals surface area contributed by atoms with Crippen LogP contribution in [0.3, 0.4) is 0 Å². The number of oxazole rings is 1. The van der Waals surface area contributed by atoms with Crippen LogP contribution in [0, 0.1) is 6.92 Å². The third-order valence-corrected chi connectivity index (χ3v) is 2.47. The van der Waals surface area contributed by atoms with Gasteiger partial charge in [0.25, 0.3) is 0 Å². The van der Waals surface area contributed by atoms with E-state index in [2.05, 4.69) is 42.6 Å². The zero-order valence-corrected chi connectivity index (χ0v) is 10.4. The van der Waals surface area contributed by atoms with Gasteiger partial charge in [0.05, 0.1) is 5.69 Å². The minimum absolute atomic E-state index is 0.305. The van der Waals surface area contributed by atoms with Gasteiger partial charge in [-0.3, -0.25) is 0 Å². The molecular weight excluding hydrogens is 202 g/mol. The number of fused-ring (bicyclic) bond motifs is 1. The molecule has 0 aromatic carbocycles. The molecule has 2 rings (SSSR count). The van der Waals surface area contributed by atoms with Crippen LogP contribution >= 0.6 is 0 Å². The van der Waals surface area contributed by atoms with Crippen LogP contribution in [0.25, 0.3) is 11.2 Å². The Morgan fingerprint density at radius 2 is 1.62 bits per heavy atom. The lowest BCUT2D eigenvalue weighted by Crippen LogP contribution is -2.03. The van der Waals surface area contributed by atoms with Crippen molar-refractivity contribution in [1.29, 1.82) is 0 Å². The summed E-state index contributed by atoms with van der Waals surface area (Å²) in [6.07, 6.45) is 0. The Morgan fingerprint density at radius 1 is 0.938 bits per heavy atom. The molecule has 2 aromatic heterocycles. The monoisotopic (exact) mass is 219 g/mol. The minimum atomic E-state index is 0.305. The van der Waals surface area contributed by atoms with E-state index in [4.69, 9.17) is 4.42 Å². The Bertz CT molecular complexity index is 514. The molecule has 16 heavy (non-hydrogen) atoms. The fourth-order valence-electron chi connectivity index (χ4n) is 1.62. The molecule has 0 atom stereocenters. The molecule has 0 bridgehead atoms. The van der Waals surface area contributed by atoms with Gasteiger partial charge in [0.1, 0.15) is 5.82 Å². The van der Waals surface area contributed by atoms with Crippen LogP contribution in [-0.4, -0.2) is 15.0 Å². The van der Waals surface area contributed by atoms with Crippen molar-refractivity contribution in [3.63, 3.8) is 0 Å². The van der Waals surface area contributed by atoms with E-state index in [1.165, 1.54) is 0 Å². The normalized spacial score (nSPS) is 11.9. The fourth-order valence-corrected chi connectivity index (χ4v) is 1.62. The van der Waals surface area contributed by atoms with Crippen molar-refractivity contribution in [3.05, 3.63) is 17.4 Å². The molecule has 0 amide bonds. The van der Waals surface area contributed by atoms with Crippen LogP contribution < -0.4 is 0 Å². The standard InChI is InChI=1S/C12H17N3O/c1-6(2)9-10-12(13-8(5)16-10)15-11(14-9)7(3)4/h6-7H,1-5H3. The largest absolute Gasteiger partial charge is 0.437 e. The summed E-state index contributed by atoms with van der Waals surface area (Å²) in [7, 11) is 0. The van der Waals surface area contributed by atoms with Crippen molar-refractivity contribution in [2.45, 2.75) is 46.5 Å². The van der Waals surface area contributed by atoms with Crippen LogP contribution in [-0.2, 0) is 0 Å². The maximum atomic E-state index is 5.56. The minimum Gasteiger partial charge on any atom is -0.437 e. The molecule has 0 radical (unpaired) electrons. The highest BCUT2D eigenvalue weighted by atomic mass is 16.3. The van der Waals surface area contributed by atoms with Crippen molar-refractivity contribution in [3.8, 4) is 0 Å². The summed E-state index contributed by atoms with van der Waals surface area (Å²) >= 11 is 0. The third-order valence-electron chi connectivity index (χ3n) is 2.47. The molecule has 4 heteroatoms. The lowest BCUT2D eigenvalue weighted by Gasteiger charge is -2.08. The van der Waals surface area contributed by atoms with Crippen molar-refractivity contribution in [2.75, 3.05) is 0 Å². The second-order valence-corrected chi connectivity index (χ2v) is 4.66. The maximum Gasteiger partial charge on any atom is 0.202 e. The van der Waals surface area contributed by atoms with Gasteiger partial charge < -0.3 is 4.42 Å². The molecule has 0 saturated heterocycles. The Morgan fingerprint density at radius 3 is 2.19 bits per heavy atom. The molecule has 0 fully saturated rings.